The van der Waals surface area contributed by atoms with Crippen molar-refractivity contribution in [3.8, 4) is 28.0 Å². The van der Waals surface area contributed by atoms with Gasteiger partial charge in [0.05, 0.1) is 6.42 Å². The number of phenols is 1. The average molecular weight is 448 g/mol. The molecule has 2 N–H and O–H groups in total. The van der Waals surface area contributed by atoms with Crippen LogP contribution in [-0.4, -0.2) is 20.7 Å². The number of hydrogen-bond donors (Lipinski definition) is 2. The van der Waals surface area contributed by atoms with E-state index in [-0.39, 0.29) is 12.2 Å². The summed E-state index contributed by atoms with van der Waals surface area (Å²) < 4.78 is 2.25. The van der Waals surface area contributed by atoms with Crippen LogP contribution in [0.15, 0.2) is 103 Å². The lowest BCUT2D eigenvalue weighted by molar-refractivity contribution is -0.136. The summed E-state index contributed by atoms with van der Waals surface area (Å²) in [5.74, 6) is -0.561. The van der Waals surface area contributed by atoms with Gasteiger partial charge in [0.2, 0.25) is 0 Å². The number of phenolic OH excluding ortho intramolecular Hbond substituents is 1. The quantitative estimate of drug-likeness (QED) is 0.290. The van der Waals surface area contributed by atoms with Crippen molar-refractivity contribution in [1.82, 2.24) is 4.57 Å². The van der Waals surface area contributed by atoms with Gasteiger partial charge in [-0.3, -0.25) is 4.79 Å². The number of rotatable bonds is 7. The van der Waals surface area contributed by atoms with Crippen LogP contribution in [0.4, 0.5) is 0 Å². The van der Waals surface area contributed by atoms with Crippen LogP contribution in [0.25, 0.3) is 33.2 Å². The van der Waals surface area contributed by atoms with Gasteiger partial charge in [0.1, 0.15) is 5.75 Å². The summed E-state index contributed by atoms with van der Waals surface area (Å²) in [7, 11) is 0. The molecule has 0 bridgehead atoms. The van der Waals surface area contributed by atoms with Crippen molar-refractivity contribution in [2.24, 2.45) is 0 Å². The first kappa shape index (κ1) is 21.5. The second kappa shape index (κ2) is 9.28. The number of carboxylic acid groups (broad SMARTS) is 1. The van der Waals surface area contributed by atoms with Gasteiger partial charge in [0.15, 0.2) is 0 Å². The molecule has 0 aliphatic carbocycles. The minimum Gasteiger partial charge on any atom is -0.507 e. The van der Waals surface area contributed by atoms with Crippen LogP contribution in [0.2, 0.25) is 0 Å². The van der Waals surface area contributed by atoms with Gasteiger partial charge in [0, 0.05) is 34.3 Å². The van der Waals surface area contributed by atoms with Gasteiger partial charge in [-0.05, 0) is 35.2 Å². The highest BCUT2D eigenvalue weighted by Gasteiger charge is 2.19. The Bertz CT molecular complexity index is 1450. The molecule has 1 aromatic heterocycles. The van der Waals surface area contributed by atoms with Crippen LogP contribution in [0.1, 0.15) is 17.7 Å². The summed E-state index contributed by atoms with van der Waals surface area (Å²) >= 11 is 0. The first-order chi connectivity index (χ1) is 16.6. The maximum Gasteiger partial charge on any atom is 0.303 e. The molecule has 0 unspecified atom stereocenters. The third-order valence-electron chi connectivity index (χ3n) is 6.23. The van der Waals surface area contributed by atoms with Crippen LogP contribution in [0.5, 0.6) is 5.75 Å². The summed E-state index contributed by atoms with van der Waals surface area (Å²) in [6.07, 6.45) is 0.501. The van der Waals surface area contributed by atoms with Gasteiger partial charge in [-0.15, -0.1) is 0 Å². The molecule has 0 atom stereocenters. The molecule has 0 saturated heterocycles. The minimum atomic E-state index is -0.808. The third kappa shape index (κ3) is 4.18. The molecule has 5 aromatic rings. The first-order valence-electron chi connectivity index (χ1n) is 11.4. The van der Waals surface area contributed by atoms with Crippen molar-refractivity contribution < 1.29 is 15.0 Å². The van der Waals surface area contributed by atoms with E-state index in [2.05, 4.69) is 41.0 Å². The Morgan fingerprint density at radius 2 is 1.38 bits per heavy atom. The van der Waals surface area contributed by atoms with Crippen LogP contribution in [-0.2, 0) is 17.8 Å². The van der Waals surface area contributed by atoms with Gasteiger partial charge in [0.25, 0.3) is 0 Å². The molecule has 34 heavy (non-hydrogen) atoms. The van der Waals surface area contributed by atoms with Crippen molar-refractivity contribution in [3.05, 3.63) is 114 Å². The molecule has 1 heterocycles. The van der Waals surface area contributed by atoms with Crippen molar-refractivity contribution in [2.75, 3.05) is 0 Å². The third-order valence-corrected chi connectivity index (χ3v) is 6.23. The van der Waals surface area contributed by atoms with Crippen LogP contribution in [0, 0.1) is 0 Å². The number of carbonyl (C=O) groups is 1. The molecule has 0 saturated carbocycles. The lowest BCUT2D eigenvalue weighted by Crippen LogP contribution is -2.07. The van der Waals surface area contributed by atoms with E-state index < -0.39 is 5.97 Å². The largest absolute Gasteiger partial charge is 0.507 e. The van der Waals surface area contributed by atoms with Crippen molar-refractivity contribution >= 4 is 16.9 Å². The fourth-order valence-electron chi connectivity index (χ4n) is 4.64. The monoisotopic (exact) mass is 447 g/mol. The molecule has 0 spiro atoms. The summed E-state index contributed by atoms with van der Waals surface area (Å²) in [4.78, 5) is 11.5. The van der Waals surface area contributed by atoms with Crippen molar-refractivity contribution in [3.63, 3.8) is 0 Å². The van der Waals surface area contributed by atoms with Crippen molar-refractivity contribution in [2.45, 2.75) is 19.4 Å². The van der Waals surface area contributed by atoms with E-state index in [0.29, 0.717) is 13.0 Å². The standard InChI is InChI=1S/C30H25NO3/c32-28-13-7-5-10-24(28)22-14-16-23(17-15-22)30-25-11-4-6-12-26(25)31(27(30)18-19-29(33)34)20-21-8-2-1-3-9-21/h1-17,32H,18-20H2,(H,33,34). The predicted molar refractivity (Wildman–Crippen MR) is 136 cm³/mol. The highest BCUT2D eigenvalue weighted by Crippen LogP contribution is 2.38. The number of hydrogen-bond acceptors (Lipinski definition) is 2. The molecule has 0 fully saturated rings. The van der Waals surface area contributed by atoms with Crippen LogP contribution >= 0.6 is 0 Å². The van der Waals surface area contributed by atoms with Gasteiger partial charge < -0.3 is 14.8 Å². The molecule has 4 aromatic carbocycles. The fourth-order valence-corrected chi connectivity index (χ4v) is 4.64. The average Bonchev–Trinajstić information content (AvgIpc) is 3.17. The first-order valence-corrected chi connectivity index (χ1v) is 11.4. The minimum absolute atomic E-state index is 0.0636. The number of carboxylic acids is 1. The van der Waals surface area contributed by atoms with E-state index in [1.165, 1.54) is 5.56 Å². The topological polar surface area (TPSA) is 62.5 Å². The summed E-state index contributed by atoms with van der Waals surface area (Å²) in [5.41, 5.74) is 7.09. The van der Waals surface area contributed by atoms with Gasteiger partial charge in [-0.2, -0.15) is 0 Å². The van der Waals surface area contributed by atoms with E-state index in [4.69, 9.17) is 0 Å². The zero-order valence-corrected chi connectivity index (χ0v) is 18.7. The molecule has 5 rings (SSSR count). The number of aromatic hydroxyl groups is 1. The van der Waals surface area contributed by atoms with Crippen molar-refractivity contribution in [1.29, 1.82) is 0 Å². The lowest BCUT2D eigenvalue weighted by Gasteiger charge is -2.13. The Morgan fingerprint density at radius 1 is 0.735 bits per heavy atom. The molecule has 4 nitrogen and oxygen atoms in total. The highest BCUT2D eigenvalue weighted by molar-refractivity contribution is 5.98. The van der Waals surface area contributed by atoms with E-state index >= 15 is 0 Å². The molecule has 4 heteroatoms. The number of nitrogens with zero attached hydrogens (tertiary/aromatic N) is 1. The van der Waals surface area contributed by atoms with Gasteiger partial charge in [-0.1, -0.05) is 91.0 Å². The number of fused-ring (bicyclic) bond motifs is 1. The Morgan fingerprint density at radius 3 is 2.12 bits per heavy atom. The molecule has 0 amide bonds. The maximum absolute atomic E-state index is 11.5. The Kier molecular flexibility index (Phi) is 5.88. The highest BCUT2D eigenvalue weighted by atomic mass is 16.4. The Labute approximate surface area is 198 Å². The number of aromatic nitrogens is 1. The van der Waals surface area contributed by atoms with Gasteiger partial charge in [-0.25, -0.2) is 0 Å². The Balaban J connectivity index is 1.66. The second-order valence-electron chi connectivity index (χ2n) is 8.40. The summed E-state index contributed by atoms with van der Waals surface area (Å²) in [6, 6.07) is 33.9. The van der Waals surface area contributed by atoms with Crippen LogP contribution in [0.3, 0.4) is 0 Å². The second-order valence-corrected chi connectivity index (χ2v) is 8.40. The van der Waals surface area contributed by atoms with E-state index in [9.17, 15) is 15.0 Å². The molecular formula is C30H25NO3. The predicted octanol–water partition coefficient (Wildman–Crippen LogP) is 6.75. The maximum atomic E-state index is 11.5. The lowest BCUT2D eigenvalue weighted by atomic mass is 9.96. The zero-order chi connectivity index (χ0) is 23.5. The number of para-hydroxylation sites is 2. The molecular weight excluding hydrogens is 422 g/mol. The van der Waals surface area contributed by atoms with E-state index in [1.807, 2.05) is 60.7 Å². The summed E-state index contributed by atoms with van der Waals surface area (Å²) in [6.45, 7) is 0.673. The Hall–Kier alpha value is -4.31. The van der Waals surface area contributed by atoms with Crippen LogP contribution < -0.4 is 0 Å². The van der Waals surface area contributed by atoms with E-state index in [0.717, 1.165) is 38.9 Å². The van der Waals surface area contributed by atoms with E-state index in [1.54, 1.807) is 6.07 Å². The normalized spacial score (nSPS) is 11.1. The number of benzene rings is 4. The SMILES string of the molecule is O=C(O)CCc1c(-c2ccc(-c3ccccc3O)cc2)c2ccccc2n1Cc1ccccc1. The molecule has 0 aliphatic heterocycles. The van der Waals surface area contributed by atoms with Gasteiger partial charge >= 0.3 is 5.97 Å². The summed E-state index contributed by atoms with van der Waals surface area (Å²) in [5, 5.41) is 20.8. The molecule has 168 valence electrons. The molecule has 0 aliphatic rings. The smallest absolute Gasteiger partial charge is 0.303 e. The zero-order valence-electron chi connectivity index (χ0n) is 18.7. The number of aliphatic carboxylic acids is 1. The fraction of sp³-hybridized carbons (Fsp3) is 0.100. The molecule has 0 radical (unpaired) electrons.